The number of hydrogen-bond acceptors (Lipinski definition) is 4. The first kappa shape index (κ1) is 33.3. The van der Waals surface area contributed by atoms with E-state index in [4.69, 9.17) is 23.2 Å². The summed E-state index contributed by atoms with van der Waals surface area (Å²) in [5.41, 5.74) is 2.72. The molecule has 1 aliphatic carbocycles. The standard InChI is InChI=1S/C32H36BrCl2N3O4S/c1-22-17-26(14-15-27(22)33)38(43(2,41)42)21-31(39)37(20-24-13-16-28(34)29(35)18-24)30(19-23-9-5-3-6-10-23)32(40)36-25-11-7-4-8-12-25/h3,5-6,9-10,13-18,25,30H,4,7-8,11-12,19-21H2,1-2H3,(H,36,40)/t30-/m1/s1. The van der Waals surface area contributed by atoms with Crippen molar-refractivity contribution in [2.75, 3.05) is 17.1 Å². The number of sulfonamides is 1. The van der Waals surface area contributed by atoms with Gasteiger partial charge in [0.15, 0.2) is 0 Å². The minimum absolute atomic E-state index is 0.0275. The van der Waals surface area contributed by atoms with Crippen molar-refractivity contribution in [3.8, 4) is 0 Å². The smallest absolute Gasteiger partial charge is 0.244 e. The molecule has 11 heteroatoms. The Balaban J connectivity index is 1.74. The molecule has 3 aromatic rings. The molecule has 230 valence electrons. The van der Waals surface area contributed by atoms with Gasteiger partial charge in [0, 0.05) is 23.5 Å². The Labute approximate surface area is 272 Å². The highest BCUT2D eigenvalue weighted by Crippen LogP contribution is 2.27. The van der Waals surface area contributed by atoms with E-state index in [1.165, 1.54) is 4.90 Å². The zero-order valence-electron chi connectivity index (χ0n) is 24.2. The van der Waals surface area contributed by atoms with E-state index < -0.39 is 28.5 Å². The van der Waals surface area contributed by atoms with E-state index >= 15 is 0 Å². The monoisotopic (exact) mass is 707 g/mol. The lowest BCUT2D eigenvalue weighted by atomic mass is 9.94. The van der Waals surface area contributed by atoms with Crippen LogP contribution in [0.25, 0.3) is 0 Å². The summed E-state index contributed by atoms with van der Waals surface area (Å²) in [6.07, 6.45) is 6.30. The van der Waals surface area contributed by atoms with Crippen molar-refractivity contribution in [2.24, 2.45) is 0 Å². The molecule has 0 bridgehead atoms. The predicted octanol–water partition coefficient (Wildman–Crippen LogP) is 6.92. The number of amides is 2. The number of carbonyl (C=O) groups is 2. The normalized spacial score (nSPS) is 14.6. The summed E-state index contributed by atoms with van der Waals surface area (Å²) in [6, 6.07) is 18.8. The third-order valence-electron chi connectivity index (χ3n) is 7.67. The van der Waals surface area contributed by atoms with Crippen LogP contribution in [0.5, 0.6) is 0 Å². The number of nitrogens with one attached hydrogen (secondary N) is 1. The Bertz CT molecular complexity index is 1550. The average Bonchev–Trinajstić information content (AvgIpc) is 2.97. The summed E-state index contributed by atoms with van der Waals surface area (Å²) < 4.78 is 27.9. The summed E-state index contributed by atoms with van der Waals surface area (Å²) in [4.78, 5) is 29.8. The summed E-state index contributed by atoms with van der Waals surface area (Å²) in [5.74, 6) is -0.786. The molecule has 1 fully saturated rings. The highest BCUT2D eigenvalue weighted by Gasteiger charge is 2.34. The van der Waals surface area contributed by atoms with Crippen molar-refractivity contribution in [1.29, 1.82) is 0 Å². The van der Waals surface area contributed by atoms with Crippen LogP contribution in [0, 0.1) is 6.92 Å². The molecule has 1 atom stereocenters. The number of benzene rings is 3. The Morgan fingerprint density at radius 1 is 0.953 bits per heavy atom. The molecular weight excluding hydrogens is 673 g/mol. The molecule has 4 rings (SSSR count). The zero-order chi connectivity index (χ0) is 31.1. The Morgan fingerprint density at radius 2 is 1.65 bits per heavy atom. The quantitative estimate of drug-likeness (QED) is 0.234. The van der Waals surface area contributed by atoms with Crippen LogP contribution in [0.2, 0.25) is 10.0 Å². The molecule has 3 aromatic carbocycles. The molecule has 0 spiro atoms. The lowest BCUT2D eigenvalue weighted by molar-refractivity contribution is -0.140. The highest BCUT2D eigenvalue weighted by atomic mass is 79.9. The van der Waals surface area contributed by atoms with E-state index in [0.29, 0.717) is 21.3 Å². The molecule has 2 amide bonds. The van der Waals surface area contributed by atoms with Crippen LogP contribution in [0.15, 0.2) is 71.2 Å². The minimum atomic E-state index is -3.86. The van der Waals surface area contributed by atoms with Crippen molar-refractivity contribution in [3.05, 3.63) is 97.9 Å². The fraction of sp³-hybridized carbons (Fsp3) is 0.375. The number of carbonyl (C=O) groups excluding carboxylic acids is 2. The predicted molar refractivity (Wildman–Crippen MR) is 177 cm³/mol. The fourth-order valence-corrected chi connectivity index (χ4v) is 6.74. The van der Waals surface area contributed by atoms with Gasteiger partial charge in [-0.2, -0.15) is 0 Å². The molecule has 0 unspecified atom stereocenters. The van der Waals surface area contributed by atoms with Gasteiger partial charge >= 0.3 is 0 Å². The largest absolute Gasteiger partial charge is 0.352 e. The van der Waals surface area contributed by atoms with Crippen molar-refractivity contribution in [3.63, 3.8) is 0 Å². The fourth-order valence-electron chi connectivity index (χ4n) is 5.33. The van der Waals surface area contributed by atoms with E-state index in [2.05, 4.69) is 21.2 Å². The summed E-state index contributed by atoms with van der Waals surface area (Å²) >= 11 is 15.9. The van der Waals surface area contributed by atoms with Crippen LogP contribution < -0.4 is 9.62 Å². The lowest BCUT2D eigenvalue weighted by Crippen LogP contribution is -2.55. The van der Waals surface area contributed by atoms with Crippen LogP contribution in [-0.4, -0.2) is 50.0 Å². The number of hydrogen-bond donors (Lipinski definition) is 1. The van der Waals surface area contributed by atoms with Gasteiger partial charge in [-0.15, -0.1) is 0 Å². The van der Waals surface area contributed by atoms with Gasteiger partial charge in [-0.05, 0) is 66.8 Å². The third kappa shape index (κ3) is 9.20. The van der Waals surface area contributed by atoms with Gasteiger partial charge in [-0.1, -0.05) is 94.8 Å². The van der Waals surface area contributed by atoms with Crippen molar-refractivity contribution in [2.45, 2.75) is 64.1 Å². The van der Waals surface area contributed by atoms with Crippen LogP contribution in [0.3, 0.4) is 0 Å². The van der Waals surface area contributed by atoms with Crippen molar-refractivity contribution in [1.82, 2.24) is 10.2 Å². The number of anilines is 1. The molecule has 1 N–H and O–H groups in total. The van der Waals surface area contributed by atoms with Gasteiger partial charge < -0.3 is 10.2 Å². The van der Waals surface area contributed by atoms with Crippen LogP contribution in [0.4, 0.5) is 5.69 Å². The van der Waals surface area contributed by atoms with Gasteiger partial charge in [0.05, 0.1) is 22.0 Å². The second-order valence-electron chi connectivity index (χ2n) is 11.0. The molecule has 0 aromatic heterocycles. The maximum absolute atomic E-state index is 14.3. The van der Waals surface area contributed by atoms with Crippen molar-refractivity contribution >= 4 is 66.7 Å². The number of halogens is 3. The Hall–Kier alpha value is -2.59. The van der Waals surface area contributed by atoms with Crippen LogP contribution in [0.1, 0.15) is 48.8 Å². The maximum Gasteiger partial charge on any atom is 0.244 e. The molecule has 0 saturated heterocycles. The van der Waals surface area contributed by atoms with Gasteiger partial charge in [0.2, 0.25) is 21.8 Å². The van der Waals surface area contributed by atoms with Crippen molar-refractivity contribution < 1.29 is 18.0 Å². The Kier molecular flexibility index (Phi) is 11.6. The van der Waals surface area contributed by atoms with Gasteiger partial charge in [-0.3, -0.25) is 13.9 Å². The zero-order valence-corrected chi connectivity index (χ0v) is 28.1. The van der Waals surface area contributed by atoms with E-state index in [-0.39, 0.29) is 24.9 Å². The highest BCUT2D eigenvalue weighted by molar-refractivity contribution is 9.10. The molecule has 1 saturated carbocycles. The topological polar surface area (TPSA) is 86.8 Å². The van der Waals surface area contributed by atoms with E-state index in [0.717, 1.165) is 58.3 Å². The first-order valence-corrected chi connectivity index (χ1v) is 17.6. The molecule has 0 radical (unpaired) electrons. The molecule has 0 aliphatic heterocycles. The van der Waals surface area contributed by atoms with Crippen LogP contribution in [-0.2, 0) is 32.6 Å². The number of rotatable bonds is 11. The molecule has 43 heavy (non-hydrogen) atoms. The molecule has 1 aliphatic rings. The minimum Gasteiger partial charge on any atom is -0.352 e. The van der Waals surface area contributed by atoms with E-state index in [1.807, 2.05) is 37.3 Å². The van der Waals surface area contributed by atoms with E-state index in [1.54, 1.807) is 36.4 Å². The lowest BCUT2D eigenvalue weighted by Gasteiger charge is -2.35. The summed E-state index contributed by atoms with van der Waals surface area (Å²) in [7, 11) is -3.86. The molecule has 7 nitrogen and oxygen atoms in total. The second-order valence-corrected chi connectivity index (χ2v) is 14.6. The first-order chi connectivity index (χ1) is 20.4. The summed E-state index contributed by atoms with van der Waals surface area (Å²) in [5, 5.41) is 3.88. The molecular formula is C32H36BrCl2N3O4S. The first-order valence-electron chi connectivity index (χ1n) is 14.2. The average molecular weight is 710 g/mol. The Morgan fingerprint density at radius 3 is 2.28 bits per heavy atom. The van der Waals surface area contributed by atoms with Gasteiger partial charge in [0.1, 0.15) is 12.6 Å². The summed E-state index contributed by atoms with van der Waals surface area (Å²) in [6.45, 7) is 1.39. The van der Waals surface area contributed by atoms with Gasteiger partial charge in [-0.25, -0.2) is 8.42 Å². The number of aryl methyl sites for hydroxylation is 1. The van der Waals surface area contributed by atoms with Gasteiger partial charge in [0.25, 0.3) is 0 Å². The maximum atomic E-state index is 14.3. The third-order valence-corrected chi connectivity index (χ3v) is 10.4. The SMILES string of the molecule is Cc1cc(N(CC(=O)N(Cc2ccc(Cl)c(Cl)c2)[C@H](Cc2ccccc2)C(=O)NC2CCCCC2)S(C)(=O)=O)ccc1Br. The van der Waals surface area contributed by atoms with E-state index in [9.17, 15) is 18.0 Å². The number of nitrogens with zero attached hydrogens (tertiary/aromatic N) is 2. The second kappa shape index (κ2) is 14.9. The molecule has 0 heterocycles. The van der Waals surface area contributed by atoms with Crippen LogP contribution >= 0.6 is 39.1 Å².